The van der Waals surface area contributed by atoms with E-state index in [1.54, 1.807) is 0 Å². The van der Waals surface area contributed by atoms with E-state index in [-0.39, 0.29) is 0 Å². The van der Waals surface area contributed by atoms with Gasteiger partial charge in [-0.25, -0.2) is 0 Å². The van der Waals surface area contributed by atoms with Gasteiger partial charge >= 0.3 is 39.0 Å². The number of hydrogen-bond donors (Lipinski definition) is 1. The van der Waals surface area contributed by atoms with Gasteiger partial charge < -0.3 is 0 Å². The number of rotatable bonds is 1. The maximum atomic E-state index is 7.70. The molecule has 0 bridgehead atoms. The first kappa shape index (κ1) is 4.96. The monoisotopic (exact) mass is 194 g/mol. The van der Waals surface area contributed by atoms with E-state index in [1.165, 1.54) is 0 Å². The molecule has 0 aliphatic heterocycles. The zero-order valence-corrected chi connectivity index (χ0v) is 5.30. The van der Waals surface area contributed by atoms with Crippen LogP contribution in [-0.2, 0) is 2.90 Å². The van der Waals surface area contributed by atoms with Crippen LogP contribution in [0, 0.1) is 0 Å². The van der Waals surface area contributed by atoms with Gasteiger partial charge in [0, 0.05) is 0 Å². The van der Waals surface area contributed by atoms with E-state index in [1.807, 2.05) is 16.3 Å². The Bertz CT molecular complexity index is 6.00. The summed E-state index contributed by atoms with van der Waals surface area (Å²) in [6.45, 7) is 0. The molecule has 0 atom stereocenters. The molecule has 0 heterocycles. The van der Waals surface area contributed by atoms with E-state index in [0.29, 0.717) is 0 Å². The quantitative estimate of drug-likeness (QED) is 0.504. The Kier molecular flexibility index (Phi) is 4.91. The van der Waals surface area contributed by atoms with Gasteiger partial charge in [0.05, 0.1) is 0 Å². The van der Waals surface area contributed by atoms with Crippen LogP contribution in [0.1, 0.15) is 0 Å². The number of hydrogen-bond acceptors (Lipinski definition) is 2. The molecule has 0 aromatic rings. The van der Waals surface area contributed by atoms with Crippen LogP contribution in [0.5, 0.6) is 0 Å². The van der Waals surface area contributed by atoms with Crippen molar-refractivity contribution in [2.45, 2.75) is 0 Å². The molecular weight excluding hydrogens is 190 g/mol. The molecule has 0 aromatic heterocycles. The van der Waals surface area contributed by atoms with Crippen LogP contribution >= 0.6 is 0 Å². The molecule has 0 unspecified atom stereocenters. The Balaban J connectivity index is 1.97. The van der Waals surface area contributed by atoms with Crippen LogP contribution in [0.25, 0.3) is 0 Å². The van der Waals surface area contributed by atoms with Gasteiger partial charge in [0.1, 0.15) is 0 Å². The van der Waals surface area contributed by atoms with Crippen molar-refractivity contribution >= 4 is 32.0 Å². The SMILES string of the molecule is O[Se]O[SeH]. The second-order valence-corrected chi connectivity index (χ2v) is 2.40. The van der Waals surface area contributed by atoms with E-state index in [2.05, 4.69) is 2.90 Å². The van der Waals surface area contributed by atoms with Gasteiger partial charge in [0.25, 0.3) is 0 Å². The predicted octanol–water partition coefficient (Wildman–Crippen LogP) is -1.65. The van der Waals surface area contributed by atoms with Crippen LogP contribution in [-0.4, -0.2) is 36.1 Å². The standard InChI is InChI=1S/H2O2Se2/c1-4-2-3/h1,3H. The van der Waals surface area contributed by atoms with Gasteiger partial charge in [-0.05, 0) is 0 Å². The first-order chi connectivity index (χ1) is 1.91. The van der Waals surface area contributed by atoms with Crippen LogP contribution in [0.4, 0.5) is 0 Å². The van der Waals surface area contributed by atoms with E-state index < -0.39 is 15.6 Å². The second-order valence-electron chi connectivity index (χ2n) is 0.149. The molecule has 4 heavy (non-hydrogen) atoms. The maximum absolute atomic E-state index is 7.70. The summed E-state index contributed by atoms with van der Waals surface area (Å²) in [4.78, 5) is 0. The van der Waals surface area contributed by atoms with Crippen molar-refractivity contribution in [2.75, 3.05) is 0 Å². The Hall–Kier alpha value is 0.959. The third-order valence-corrected chi connectivity index (χ3v) is 0.900. The molecule has 0 amide bonds. The minimum absolute atomic E-state index is 0.611. The second kappa shape index (κ2) is 3.96. The molecular formula is H2O2Se2. The average molecular weight is 192 g/mol. The molecule has 1 N–H and O–H groups in total. The van der Waals surface area contributed by atoms with Crippen LogP contribution < -0.4 is 0 Å². The first-order valence-corrected chi connectivity index (χ1v) is 2.76. The molecule has 26 valence electrons. The molecule has 0 radical (unpaired) electrons. The summed E-state index contributed by atoms with van der Waals surface area (Å²) in [5, 5.41) is 0. The minimum atomic E-state index is -0.611. The van der Waals surface area contributed by atoms with Crippen LogP contribution in [0.3, 0.4) is 0 Å². The van der Waals surface area contributed by atoms with Gasteiger partial charge in [-0.2, -0.15) is 0 Å². The average Bonchev–Trinajstić information content (AvgIpc) is 1.37. The molecule has 0 saturated carbocycles. The molecule has 4 heteroatoms. The summed E-state index contributed by atoms with van der Waals surface area (Å²) in [5.74, 6) is 0. The van der Waals surface area contributed by atoms with Gasteiger partial charge in [0.2, 0.25) is 0 Å². The first-order valence-electron chi connectivity index (χ1n) is 0.532. The van der Waals surface area contributed by atoms with Gasteiger partial charge in [-0.3, -0.25) is 0 Å². The molecule has 0 saturated heterocycles. The van der Waals surface area contributed by atoms with E-state index in [0.717, 1.165) is 0 Å². The van der Waals surface area contributed by atoms with E-state index in [9.17, 15) is 0 Å². The Morgan fingerprint density at radius 2 is 2.25 bits per heavy atom. The van der Waals surface area contributed by atoms with Crippen LogP contribution in [0.15, 0.2) is 0 Å². The fraction of sp³-hybridized carbons (Fsp3) is 0. The Morgan fingerprint density at radius 1 is 2.00 bits per heavy atom. The summed E-state index contributed by atoms with van der Waals surface area (Å²) in [5.41, 5.74) is 0. The molecule has 0 aliphatic carbocycles. The predicted molar refractivity (Wildman–Crippen MR) is 16.2 cm³/mol. The molecule has 0 fully saturated rings. The van der Waals surface area contributed by atoms with Gasteiger partial charge in [-0.15, -0.1) is 0 Å². The van der Waals surface area contributed by atoms with Crippen molar-refractivity contribution in [1.82, 2.24) is 0 Å². The zero-order valence-electron chi connectivity index (χ0n) is 1.71. The summed E-state index contributed by atoms with van der Waals surface area (Å²) >= 11 is 1.20. The fourth-order valence-electron chi connectivity index (χ4n) is 0. The van der Waals surface area contributed by atoms with Crippen molar-refractivity contribution in [2.24, 2.45) is 0 Å². The van der Waals surface area contributed by atoms with E-state index >= 15 is 0 Å². The van der Waals surface area contributed by atoms with Crippen LogP contribution in [0.2, 0.25) is 0 Å². The summed E-state index contributed by atoms with van der Waals surface area (Å²) in [7, 11) is 0. The van der Waals surface area contributed by atoms with Crippen molar-refractivity contribution < 1.29 is 7.09 Å². The topological polar surface area (TPSA) is 29.5 Å². The third kappa shape index (κ3) is 2.96. The fourth-order valence-corrected chi connectivity index (χ4v) is 0. The molecule has 2 nitrogen and oxygen atoms in total. The Morgan fingerprint density at radius 3 is 2.25 bits per heavy atom. The van der Waals surface area contributed by atoms with Crippen molar-refractivity contribution in [3.05, 3.63) is 0 Å². The van der Waals surface area contributed by atoms with Crippen molar-refractivity contribution in [3.8, 4) is 0 Å². The van der Waals surface area contributed by atoms with Gasteiger partial charge in [-0.1, -0.05) is 0 Å². The molecule has 0 rings (SSSR count). The summed E-state index contributed by atoms with van der Waals surface area (Å²) in [6.07, 6.45) is 0. The summed E-state index contributed by atoms with van der Waals surface area (Å²) < 4.78 is 11.8. The molecule has 0 spiro atoms. The normalized spacial score (nSPS) is 7.50. The third-order valence-electron chi connectivity index (χ3n) is 0.0333. The van der Waals surface area contributed by atoms with Gasteiger partial charge in [0.15, 0.2) is 0 Å². The Labute approximate surface area is 39.5 Å². The van der Waals surface area contributed by atoms with E-state index in [4.69, 9.17) is 4.19 Å². The van der Waals surface area contributed by atoms with Crippen molar-refractivity contribution in [1.29, 1.82) is 0 Å². The molecule has 0 aromatic carbocycles. The zero-order chi connectivity index (χ0) is 3.41. The van der Waals surface area contributed by atoms with Crippen molar-refractivity contribution in [3.63, 3.8) is 0 Å². The summed E-state index contributed by atoms with van der Waals surface area (Å²) in [6, 6.07) is 0. The molecule has 0 aliphatic rings.